The van der Waals surface area contributed by atoms with E-state index >= 15 is 0 Å². The smallest absolute Gasteiger partial charge is 0.335 e. The maximum atomic E-state index is 13.1. The van der Waals surface area contributed by atoms with Gasteiger partial charge in [0.25, 0.3) is 11.8 Å². The van der Waals surface area contributed by atoms with Crippen molar-refractivity contribution in [2.24, 2.45) is 0 Å². The van der Waals surface area contributed by atoms with Crippen LogP contribution < -0.4 is 15.0 Å². The molecular weight excluding hydrogens is 392 g/mol. The summed E-state index contributed by atoms with van der Waals surface area (Å²) in [5.41, 5.74) is 2.18. The summed E-state index contributed by atoms with van der Waals surface area (Å²) in [6, 6.07) is 9.62. The van der Waals surface area contributed by atoms with E-state index < -0.39 is 17.8 Å². The van der Waals surface area contributed by atoms with Crippen molar-refractivity contribution in [1.29, 1.82) is 0 Å². The predicted molar refractivity (Wildman–Crippen MR) is 110 cm³/mol. The van der Waals surface area contributed by atoms with Gasteiger partial charge in [-0.15, -0.1) is 0 Å². The number of nitrogens with zero attached hydrogens (tertiary/aromatic N) is 1. The van der Waals surface area contributed by atoms with Crippen molar-refractivity contribution in [2.45, 2.75) is 32.8 Å². The number of carbonyl (C=O) groups is 3. The van der Waals surface area contributed by atoms with Gasteiger partial charge in [-0.25, -0.2) is 9.69 Å². The summed E-state index contributed by atoms with van der Waals surface area (Å²) in [5.74, 6) is -0.628. The van der Waals surface area contributed by atoms with E-state index in [1.54, 1.807) is 31.2 Å². The van der Waals surface area contributed by atoms with Crippen molar-refractivity contribution in [3.8, 4) is 5.75 Å². The third-order valence-electron chi connectivity index (χ3n) is 4.98. The number of halogens is 1. The highest BCUT2D eigenvalue weighted by molar-refractivity contribution is 6.39. The monoisotopic (exact) mass is 410 g/mol. The zero-order valence-corrected chi connectivity index (χ0v) is 17.0. The van der Waals surface area contributed by atoms with Gasteiger partial charge in [0.1, 0.15) is 16.9 Å². The number of urea groups is 1. The summed E-state index contributed by atoms with van der Waals surface area (Å²) in [6.07, 6.45) is 2.22. The van der Waals surface area contributed by atoms with Crippen molar-refractivity contribution in [1.82, 2.24) is 5.32 Å². The number of imide groups is 2. The van der Waals surface area contributed by atoms with E-state index in [-0.39, 0.29) is 11.2 Å². The van der Waals surface area contributed by atoms with E-state index in [0.717, 1.165) is 22.6 Å². The van der Waals surface area contributed by atoms with Crippen LogP contribution >= 0.6 is 11.6 Å². The van der Waals surface area contributed by atoms with Gasteiger partial charge >= 0.3 is 6.03 Å². The summed E-state index contributed by atoms with van der Waals surface area (Å²) in [4.78, 5) is 38.8. The first kappa shape index (κ1) is 19.2. The van der Waals surface area contributed by atoms with Crippen LogP contribution in [0.25, 0.3) is 6.08 Å². The molecule has 0 atom stereocenters. The molecule has 29 heavy (non-hydrogen) atoms. The molecule has 0 spiro atoms. The summed E-state index contributed by atoms with van der Waals surface area (Å²) >= 11 is 6.14. The molecule has 0 bridgehead atoms. The Morgan fingerprint density at radius 3 is 2.69 bits per heavy atom. The van der Waals surface area contributed by atoms with Gasteiger partial charge in [-0.05, 0) is 67.8 Å². The highest BCUT2D eigenvalue weighted by atomic mass is 35.5. The standard InChI is InChI=1S/C22H19ClN2O4/c1-12-16(23)5-4-6-17(12)25-20(27)15(19(26)24-21(25)28)10-13-7-8-18-14(9-13)11-22(2,3)29-18/h4-10H,11H2,1-3H3,(H,24,26,28)/b15-10-. The molecule has 0 radical (unpaired) electrons. The number of carbonyl (C=O) groups excluding carboxylic acids is 3. The second-order valence-corrected chi connectivity index (χ2v) is 8.15. The van der Waals surface area contributed by atoms with Gasteiger partial charge in [-0.3, -0.25) is 14.9 Å². The van der Waals surface area contributed by atoms with Crippen LogP contribution in [0, 0.1) is 6.92 Å². The van der Waals surface area contributed by atoms with Gasteiger partial charge in [0.05, 0.1) is 5.69 Å². The summed E-state index contributed by atoms with van der Waals surface area (Å²) in [7, 11) is 0. The Hall–Kier alpha value is -3.12. The van der Waals surface area contributed by atoms with Crippen LogP contribution in [0.5, 0.6) is 5.75 Å². The van der Waals surface area contributed by atoms with E-state index in [1.165, 1.54) is 6.08 Å². The average Bonchev–Trinajstić information content (AvgIpc) is 2.95. The normalized spacial score (nSPS) is 19.2. The molecule has 2 aromatic rings. The van der Waals surface area contributed by atoms with Gasteiger partial charge in [0.2, 0.25) is 0 Å². The van der Waals surface area contributed by atoms with Crippen molar-refractivity contribution in [2.75, 3.05) is 4.90 Å². The van der Waals surface area contributed by atoms with Crippen molar-refractivity contribution >= 4 is 41.2 Å². The highest BCUT2D eigenvalue weighted by Gasteiger charge is 2.38. The number of ether oxygens (including phenoxy) is 1. The Bertz CT molecular complexity index is 1100. The maximum absolute atomic E-state index is 13.1. The molecule has 1 fully saturated rings. The highest BCUT2D eigenvalue weighted by Crippen LogP contribution is 2.36. The van der Waals surface area contributed by atoms with Crippen LogP contribution in [-0.2, 0) is 16.0 Å². The fourth-order valence-corrected chi connectivity index (χ4v) is 3.77. The number of barbiturate groups is 1. The van der Waals surface area contributed by atoms with Crippen molar-refractivity contribution in [3.05, 3.63) is 63.7 Å². The molecule has 0 unspecified atom stereocenters. The number of hydrogen-bond donors (Lipinski definition) is 1. The molecule has 1 N–H and O–H groups in total. The summed E-state index contributed by atoms with van der Waals surface area (Å²) < 4.78 is 5.86. The number of benzene rings is 2. The fraction of sp³-hybridized carbons (Fsp3) is 0.227. The number of amides is 4. The second kappa shape index (κ2) is 6.74. The molecule has 2 aromatic carbocycles. The lowest BCUT2D eigenvalue weighted by molar-refractivity contribution is -0.122. The first-order valence-electron chi connectivity index (χ1n) is 9.15. The third-order valence-corrected chi connectivity index (χ3v) is 5.39. The summed E-state index contributed by atoms with van der Waals surface area (Å²) in [6.45, 7) is 5.71. The van der Waals surface area contributed by atoms with Crippen LogP contribution in [0.4, 0.5) is 10.5 Å². The molecule has 0 aliphatic carbocycles. The molecule has 148 valence electrons. The van der Waals surface area contributed by atoms with Gasteiger partial charge in [0.15, 0.2) is 0 Å². The van der Waals surface area contributed by atoms with Gasteiger partial charge in [0, 0.05) is 11.4 Å². The minimum Gasteiger partial charge on any atom is -0.487 e. The van der Waals surface area contributed by atoms with E-state index in [1.807, 2.05) is 26.0 Å². The molecule has 6 nitrogen and oxygen atoms in total. The fourth-order valence-electron chi connectivity index (χ4n) is 3.60. The molecule has 4 rings (SSSR count). The van der Waals surface area contributed by atoms with Crippen LogP contribution in [0.3, 0.4) is 0 Å². The summed E-state index contributed by atoms with van der Waals surface area (Å²) in [5, 5.41) is 2.65. The Morgan fingerprint density at radius 1 is 1.17 bits per heavy atom. The quantitative estimate of drug-likeness (QED) is 0.599. The van der Waals surface area contributed by atoms with Crippen LogP contribution in [0.15, 0.2) is 42.0 Å². The Morgan fingerprint density at radius 2 is 1.93 bits per heavy atom. The maximum Gasteiger partial charge on any atom is 0.335 e. The molecule has 0 aromatic heterocycles. The van der Waals surface area contributed by atoms with Crippen LogP contribution in [0.1, 0.15) is 30.5 Å². The van der Waals surface area contributed by atoms with Crippen molar-refractivity contribution < 1.29 is 19.1 Å². The van der Waals surface area contributed by atoms with Gasteiger partial charge in [-0.1, -0.05) is 23.7 Å². The first-order valence-corrected chi connectivity index (χ1v) is 9.52. The zero-order valence-electron chi connectivity index (χ0n) is 16.2. The van der Waals surface area contributed by atoms with E-state index in [4.69, 9.17) is 16.3 Å². The molecule has 1 saturated heterocycles. The second-order valence-electron chi connectivity index (χ2n) is 7.75. The largest absolute Gasteiger partial charge is 0.487 e. The molecule has 4 amide bonds. The minimum absolute atomic E-state index is 0.123. The SMILES string of the molecule is Cc1c(Cl)cccc1N1C(=O)NC(=O)/C(=C/c2ccc3c(c2)CC(C)(C)O3)C1=O. The minimum atomic E-state index is -0.799. The van der Waals surface area contributed by atoms with Gasteiger partial charge in [-0.2, -0.15) is 0 Å². The number of fused-ring (bicyclic) bond motifs is 1. The molecule has 2 aliphatic heterocycles. The lowest BCUT2D eigenvalue weighted by atomic mass is 9.99. The first-order chi connectivity index (χ1) is 13.7. The average molecular weight is 411 g/mol. The Balaban J connectivity index is 1.73. The number of nitrogens with one attached hydrogen (secondary N) is 1. The van der Waals surface area contributed by atoms with E-state index in [2.05, 4.69) is 5.32 Å². The molecule has 0 saturated carbocycles. The van der Waals surface area contributed by atoms with Crippen LogP contribution in [0.2, 0.25) is 5.02 Å². The molecule has 2 aliphatic rings. The number of anilines is 1. The van der Waals surface area contributed by atoms with E-state index in [9.17, 15) is 14.4 Å². The Kier molecular flexibility index (Phi) is 4.46. The zero-order chi connectivity index (χ0) is 20.9. The molecule has 2 heterocycles. The third kappa shape index (κ3) is 3.40. The Labute approximate surface area is 173 Å². The molecular formula is C22H19ClN2O4. The van der Waals surface area contributed by atoms with Crippen LogP contribution in [-0.4, -0.2) is 23.4 Å². The lowest BCUT2D eigenvalue weighted by Crippen LogP contribution is -2.54. The van der Waals surface area contributed by atoms with Gasteiger partial charge < -0.3 is 4.74 Å². The van der Waals surface area contributed by atoms with Crippen molar-refractivity contribution in [3.63, 3.8) is 0 Å². The topological polar surface area (TPSA) is 75.7 Å². The van der Waals surface area contributed by atoms with E-state index in [0.29, 0.717) is 21.8 Å². The predicted octanol–water partition coefficient (Wildman–Crippen LogP) is 4.03. The lowest BCUT2D eigenvalue weighted by Gasteiger charge is -2.27. The number of rotatable bonds is 2. The molecule has 7 heteroatoms. The number of hydrogen-bond acceptors (Lipinski definition) is 4.